The zero-order chi connectivity index (χ0) is 16.4. The van der Waals surface area contributed by atoms with Crippen LogP contribution in [-0.2, 0) is 0 Å². The van der Waals surface area contributed by atoms with Crippen LogP contribution in [0, 0.1) is 0 Å². The number of rotatable bonds is 3. The maximum absolute atomic E-state index is 6.13. The van der Waals surface area contributed by atoms with Gasteiger partial charge in [-0.3, -0.25) is 9.80 Å². The first kappa shape index (κ1) is 16.1. The van der Waals surface area contributed by atoms with Crippen LogP contribution in [-0.4, -0.2) is 42.0 Å². The predicted octanol–water partition coefficient (Wildman–Crippen LogP) is 4.60. The van der Waals surface area contributed by atoms with E-state index in [0.29, 0.717) is 6.04 Å². The van der Waals surface area contributed by atoms with Crippen LogP contribution in [0.4, 0.5) is 0 Å². The third-order valence-corrected chi connectivity index (χ3v) is 5.75. The first-order valence-electron chi connectivity index (χ1n) is 9.10. The van der Waals surface area contributed by atoms with Crippen LogP contribution in [0.15, 0.2) is 54.6 Å². The molecule has 0 spiro atoms. The molecule has 2 heterocycles. The lowest BCUT2D eigenvalue weighted by Crippen LogP contribution is -2.38. The van der Waals surface area contributed by atoms with Crippen LogP contribution in [0.2, 0.25) is 5.02 Å². The molecule has 2 nitrogen and oxygen atoms in total. The fourth-order valence-electron chi connectivity index (χ4n) is 4.36. The van der Waals surface area contributed by atoms with E-state index in [1.807, 2.05) is 12.1 Å². The Morgan fingerprint density at radius 1 is 0.833 bits per heavy atom. The van der Waals surface area contributed by atoms with E-state index in [1.165, 1.54) is 50.0 Å². The zero-order valence-electron chi connectivity index (χ0n) is 14.1. The zero-order valence-corrected chi connectivity index (χ0v) is 14.8. The van der Waals surface area contributed by atoms with Gasteiger partial charge < -0.3 is 0 Å². The molecule has 2 unspecified atom stereocenters. The first-order valence-corrected chi connectivity index (χ1v) is 9.47. The van der Waals surface area contributed by atoms with E-state index < -0.39 is 0 Å². The molecule has 126 valence electrons. The van der Waals surface area contributed by atoms with Crippen molar-refractivity contribution in [3.63, 3.8) is 0 Å². The Morgan fingerprint density at radius 2 is 1.54 bits per heavy atom. The minimum absolute atomic E-state index is 0.323. The summed E-state index contributed by atoms with van der Waals surface area (Å²) in [6.07, 6.45) is 3.96. The van der Waals surface area contributed by atoms with Gasteiger partial charge in [-0.25, -0.2) is 0 Å². The van der Waals surface area contributed by atoms with Gasteiger partial charge in [-0.05, 0) is 55.6 Å². The Bertz CT molecular complexity index is 655. The van der Waals surface area contributed by atoms with E-state index >= 15 is 0 Å². The average Bonchev–Trinajstić information content (AvgIpc) is 2.96. The van der Waals surface area contributed by atoms with Crippen molar-refractivity contribution in [2.75, 3.05) is 26.2 Å². The molecule has 2 aromatic rings. The van der Waals surface area contributed by atoms with Gasteiger partial charge in [0.25, 0.3) is 0 Å². The van der Waals surface area contributed by atoms with Gasteiger partial charge in [-0.2, -0.15) is 0 Å². The quantitative estimate of drug-likeness (QED) is 0.805. The fourth-order valence-corrected chi connectivity index (χ4v) is 4.49. The summed E-state index contributed by atoms with van der Waals surface area (Å²) < 4.78 is 0. The van der Waals surface area contributed by atoms with Crippen LogP contribution in [0.5, 0.6) is 0 Å². The summed E-state index contributed by atoms with van der Waals surface area (Å²) >= 11 is 6.13. The van der Waals surface area contributed by atoms with Gasteiger partial charge >= 0.3 is 0 Å². The van der Waals surface area contributed by atoms with Crippen LogP contribution < -0.4 is 0 Å². The van der Waals surface area contributed by atoms with E-state index in [9.17, 15) is 0 Å². The highest BCUT2D eigenvalue weighted by Crippen LogP contribution is 2.33. The Kier molecular flexibility index (Phi) is 4.88. The SMILES string of the molecule is Clc1ccc(C(c2ccccc2)N2CCCN3CCCC3C2)cc1. The first-order chi connectivity index (χ1) is 11.8. The minimum Gasteiger partial charge on any atom is -0.299 e. The van der Waals surface area contributed by atoms with Gasteiger partial charge in [0, 0.05) is 24.2 Å². The normalized spacial score (nSPS) is 23.6. The molecular formula is C21H25ClN2. The lowest BCUT2D eigenvalue weighted by Gasteiger charge is -2.33. The van der Waals surface area contributed by atoms with Crippen molar-refractivity contribution in [3.05, 3.63) is 70.7 Å². The second kappa shape index (κ2) is 7.26. The molecule has 0 radical (unpaired) electrons. The Hall–Kier alpha value is -1.35. The molecule has 24 heavy (non-hydrogen) atoms. The predicted molar refractivity (Wildman–Crippen MR) is 101 cm³/mol. The van der Waals surface area contributed by atoms with Crippen LogP contribution in [0.3, 0.4) is 0 Å². The summed E-state index contributed by atoms with van der Waals surface area (Å²) in [5.41, 5.74) is 2.73. The molecule has 0 amide bonds. The summed E-state index contributed by atoms with van der Waals surface area (Å²) in [7, 11) is 0. The fraction of sp³-hybridized carbons (Fsp3) is 0.429. The smallest absolute Gasteiger partial charge is 0.0602 e. The maximum Gasteiger partial charge on any atom is 0.0602 e. The van der Waals surface area contributed by atoms with Crippen LogP contribution in [0.1, 0.15) is 36.4 Å². The van der Waals surface area contributed by atoms with Gasteiger partial charge in [-0.15, -0.1) is 0 Å². The topological polar surface area (TPSA) is 6.48 Å². The molecule has 0 aliphatic carbocycles. The summed E-state index contributed by atoms with van der Waals surface area (Å²) in [6.45, 7) is 4.87. The number of nitrogens with zero attached hydrogens (tertiary/aromatic N) is 2. The molecule has 2 aromatic carbocycles. The second-order valence-corrected chi connectivity index (χ2v) is 7.48. The van der Waals surface area contributed by atoms with Crippen molar-refractivity contribution in [2.24, 2.45) is 0 Å². The number of hydrogen-bond acceptors (Lipinski definition) is 2. The molecule has 0 aromatic heterocycles. The van der Waals surface area contributed by atoms with Crippen molar-refractivity contribution in [2.45, 2.75) is 31.3 Å². The number of fused-ring (bicyclic) bond motifs is 1. The van der Waals surface area contributed by atoms with Crippen molar-refractivity contribution in [1.82, 2.24) is 9.80 Å². The Balaban J connectivity index is 1.68. The van der Waals surface area contributed by atoms with Gasteiger partial charge in [-0.1, -0.05) is 54.1 Å². The van der Waals surface area contributed by atoms with Crippen molar-refractivity contribution >= 4 is 11.6 Å². The summed E-state index contributed by atoms with van der Waals surface area (Å²) in [5.74, 6) is 0. The van der Waals surface area contributed by atoms with Crippen molar-refractivity contribution < 1.29 is 0 Å². The van der Waals surface area contributed by atoms with Gasteiger partial charge in [0.05, 0.1) is 6.04 Å². The molecule has 4 rings (SSSR count). The van der Waals surface area contributed by atoms with Gasteiger partial charge in [0.2, 0.25) is 0 Å². The third-order valence-electron chi connectivity index (χ3n) is 5.50. The summed E-state index contributed by atoms with van der Waals surface area (Å²) in [6, 6.07) is 20.4. The highest BCUT2D eigenvalue weighted by atomic mass is 35.5. The molecular weight excluding hydrogens is 316 g/mol. The molecule has 2 atom stereocenters. The van der Waals surface area contributed by atoms with E-state index in [0.717, 1.165) is 17.6 Å². The van der Waals surface area contributed by atoms with Gasteiger partial charge in [0.15, 0.2) is 0 Å². The van der Waals surface area contributed by atoms with E-state index in [4.69, 9.17) is 11.6 Å². The maximum atomic E-state index is 6.13. The Morgan fingerprint density at radius 3 is 2.33 bits per heavy atom. The number of halogens is 1. The molecule has 2 saturated heterocycles. The molecule has 2 aliphatic heterocycles. The van der Waals surface area contributed by atoms with E-state index in [-0.39, 0.29) is 0 Å². The molecule has 0 bridgehead atoms. The molecule has 2 fully saturated rings. The molecule has 3 heteroatoms. The van der Waals surface area contributed by atoms with E-state index in [1.54, 1.807) is 0 Å². The average molecular weight is 341 g/mol. The summed E-state index contributed by atoms with van der Waals surface area (Å²) in [4.78, 5) is 5.39. The molecule has 0 saturated carbocycles. The highest BCUT2D eigenvalue weighted by Gasteiger charge is 2.32. The highest BCUT2D eigenvalue weighted by molar-refractivity contribution is 6.30. The monoisotopic (exact) mass is 340 g/mol. The lowest BCUT2D eigenvalue weighted by atomic mass is 9.96. The number of benzene rings is 2. The second-order valence-electron chi connectivity index (χ2n) is 7.05. The van der Waals surface area contributed by atoms with Crippen molar-refractivity contribution in [3.8, 4) is 0 Å². The van der Waals surface area contributed by atoms with E-state index in [2.05, 4.69) is 52.3 Å². The van der Waals surface area contributed by atoms with Crippen molar-refractivity contribution in [1.29, 1.82) is 0 Å². The van der Waals surface area contributed by atoms with Crippen LogP contribution >= 0.6 is 11.6 Å². The van der Waals surface area contributed by atoms with Crippen LogP contribution in [0.25, 0.3) is 0 Å². The largest absolute Gasteiger partial charge is 0.299 e. The lowest BCUT2D eigenvalue weighted by molar-refractivity contribution is 0.192. The standard InChI is InChI=1S/C21H25ClN2/c22-19-11-9-18(10-12-19)21(17-6-2-1-3-7-17)24-15-5-14-23-13-4-8-20(23)16-24/h1-3,6-7,9-12,20-21H,4-5,8,13-16H2. The van der Waals surface area contributed by atoms with Gasteiger partial charge in [0.1, 0.15) is 0 Å². The number of hydrogen-bond donors (Lipinski definition) is 0. The minimum atomic E-state index is 0.323. The third kappa shape index (κ3) is 3.37. The molecule has 0 N–H and O–H groups in total. The summed E-state index contributed by atoms with van der Waals surface area (Å²) in [5, 5.41) is 0.809. The molecule has 2 aliphatic rings. The Labute approximate surface area is 150 Å².